The van der Waals surface area contributed by atoms with E-state index < -0.39 is 0 Å². The highest BCUT2D eigenvalue weighted by Gasteiger charge is 2.09. The van der Waals surface area contributed by atoms with E-state index in [0.717, 1.165) is 24.3 Å². The summed E-state index contributed by atoms with van der Waals surface area (Å²) in [5, 5.41) is 3.29. The quantitative estimate of drug-likeness (QED) is 0.913. The van der Waals surface area contributed by atoms with Crippen molar-refractivity contribution in [3.8, 4) is 11.3 Å². The van der Waals surface area contributed by atoms with Crippen molar-refractivity contribution in [3.63, 3.8) is 0 Å². The first-order valence-corrected chi connectivity index (χ1v) is 7.61. The highest BCUT2D eigenvalue weighted by molar-refractivity contribution is 5.56. The molecule has 0 amide bonds. The van der Waals surface area contributed by atoms with Gasteiger partial charge in [-0.2, -0.15) is 0 Å². The van der Waals surface area contributed by atoms with E-state index in [1.807, 2.05) is 30.6 Å². The molecule has 0 atom stereocenters. The van der Waals surface area contributed by atoms with E-state index >= 15 is 0 Å². The molecule has 0 aromatic carbocycles. The number of rotatable bonds is 5. The van der Waals surface area contributed by atoms with Gasteiger partial charge in [0, 0.05) is 37.2 Å². The number of nitrogens with one attached hydrogen (secondary N) is 1. The zero-order valence-electron chi connectivity index (χ0n) is 12.2. The van der Waals surface area contributed by atoms with E-state index in [9.17, 15) is 0 Å². The fraction of sp³-hybridized carbons (Fsp3) is 0.438. The molecular formula is C16H21N5. The Labute approximate surface area is 125 Å². The summed E-state index contributed by atoms with van der Waals surface area (Å²) in [5.41, 5.74) is 1.84. The van der Waals surface area contributed by atoms with Crippen LogP contribution in [0.3, 0.4) is 0 Å². The van der Waals surface area contributed by atoms with Crippen molar-refractivity contribution in [1.82, 2.24) is 19.9 Å². The average Bonchev–Trinajstić information content (AvgIpc) is 2.57. The van der Waals surface area contributed by atoms with Gasteiger partial charge in [-0.3, -0.25) is 4.98 Å². The van der Waals surface area contributed by atoms with Crippen molar-refractivity contribution in [2.75, 3.05) is 31.5 Å². The molecule has 1 aliphatic heterocycles. The smallest absolute Gasteiger partial charge is 0.222 e. The van der Waals surface area contributed by atoms with Crippen LogP contribution < -0.4 is 5.32 Å². The van der Waals surface area contributed by atoms with Crippen LogP contribution in [0.1, 0.15) is 19.3 Å². The number of piperidine rings is 1. The third-order valence-electron chi connectivity index (χ3n) is 3.77. The maximum Gasteiger partial charge on any atom is 0.222 e. The molecular weight excluding hydrogens is 262 g/mol. The van der Waals surface area contributed by atoms with E-state index in [1.54, 1.807) is 6.20 Å². The minimum absolute atomic E-state index is 0.687. The Kier molecular flexibility index (Phi) is 4.74. The Bertz CT molecular complexity index is 534. The number of hydrogen-bond acceptors (Lipinski definition) is 5. The van der Waals surface area contributed by atoms with E-state index in [2.05, 4.69) is 25.2 Å². The third-order valence-corrected chi connectivity index (χ3v) is 3.77. The van der Waals surface area contributed by atoms with Crippen molar-refractivity contribution >= 4 is 5.95 Å². The first-order chi connectivity index (χ1) is 10.4. The summed E-state index contributed by atoms with van der Waals surface area (Å²) in [4.78, 5) is 15.5. The second kappa shape index (κ2) is 7.13. The molecule has 3 heterocycles. The number of aromatic nitrogens is 3. The van der Waals surface area contributed by atoms with Crippen LogP contribution in [0.2, 0.25) is 0 Å². The normalized spacial score (nSPS) is 15.8. The molecule has 5 nitrogen and oxygen atoms in total. The van der Waals surface area contributed by atoms with Gasteiger partial charge in [0.15, 0.2) is 0 Å². The highest BCUT2D eigenvalue weighted by Crippen LogP contribution is 2.14. The predicted octanol–water partition coefficient (Wildman–Crippen LogP) is 2.44. The van der Waals surface area contributed by atoms with Crippen molar-refractivity contribution in [2.45, 2.75) is 19.3 Å². The van der Waals surface area contributed by atoms with Gasteiger partial charge in [-0.1, -0.05) is 12.5 Å². The summed E-state index contributed by atoms with van der Waals surface area (Å²) in [7, 11) is 0. The Morgan fingerprint density at radius 3 is 2.52 bits per heavy atom. The minimum atomic E-state index is 0.687. The summed E-state index contributed by atoms with van der Waals surface area (Å²) in [6.45, 7) is 4.40. The zero-order valence-corrected chi connectivity index (χ0v) is 12.2. The van der Waals surface area contributed by atoms with Crippen molar-refractivity contribution < 1.29 is 0 Å². The van der Waals surface area contributed by atoms with Gasteiger partial charge in [0.2, 0.25) is 5.95 Å². The molecule has 1 fully saturated rings. The summed E-state index contributed by atoms with van der Waals surface area (Å²) < 4.78 is 0. The van der Waals surface area contributed by atoms with Crippen LogP contribution in [0.5, 0.6) is 0 Å². The maximum atomic E-state index is 4.36. The third kappa shape index (κ3) is 3.98. The number of pyridine rings is 1. The lowest BCUT2D eigenvalue weighted by molar-refractivity contribution is 0.237. The number of nitrogens with zero attached hydrogens (tertiary/aromatic N) is 4. The molecule has 3 rings (SSSR count). The van der Waals surface area contributed by atoms with Crippen LogP contribution in [0.25, 0.3) is 11.3 Å². The van der Waals surface area contributed by atoms with Crippen molar-refractivity contribution in [1.29, 1.82) is 0 Å². The summed E-state index contributed by atoms with van der Waals surface area (Å²) in [5.74, 6) is 0.687. The lowest BCUT2D eigenvalue weighted by atomic mass is 10.1. The van der Waals surface area contributed by atoms with Crippen molar-refractivity contribution in [3.05, 3.63) is 36.8 Å². The molecule has 1 saturated heterocycles. The van der Waals surface area contributed by atoms with E-state index in [1.165, 1.54) is 32.4 Å². The number of hydrogen-bond donors (Lipinski definition) is 1. The fourth-order valence-corrected chi connectivity index (χ4v) is 2.59. The first kappa shape index (κ1) is 13.9. The van der Waals surface area contributed by atoms with Gasteiger partial charge in [0.25, 0.3) is 0 Å². The van der Waals surface area contributed by atoms with Crippen LogP contribution in [-0.4, -0.2) is 46.0 Å². The van der Waals surface area contributed by atoms with Crippen molar-refractivity contribution in [2.24, 2.45) is 0 Å². The largest absolute Gasteiger partial charge is 0.353 e. The predicted molar refractivity (Wildman–Crippen MR) is 84.0 cm³/mol. The standard InChI is InChI=1S/C16H21N5/c1-4-9-21(10-5-1)11-8-18-16-19-12-14(13-20-16)15-6-2-3-7-17-15/h2-3,6-7,12-13H,1,4-5,8-11H2,(H,18,19,20). The molecule has 2 aromatic heterocycles. The van der Waals surface area contributed by atoms with Crippen LogP contribution in [0, 0.1) is 0 Å². The van der Waals surface area contributed by atoms with E-state index in [-0.39, 0.29) is 0 Å². The van der Waals surface area contributed by atoms with Crippen LogP contribution in [0.4, 0.5) is 5.95 Å². The molecule has 110 valence electrons. The first-order valence-electron chi connectivity index (χ1n) is 7.61. The average molecular weight is 283 g/mol. The van der Waals surface area contributed by atoms with Crippen LogP contribution >= 0.6 is 0 Å². The lowest BCUT2D eigenvalue weighted by Gasteiger charge is -2.26. The Balaban J connectivity index is 1.50. The molecule has 0 aliphatic carbocycles. The summed E-state index contributed by atoms with van der Waals surface area (Å²) >= 11 is 0. The van der Waals surface area contributed by atoms with Crippen LogP contribution in [0.15, 0.2) is 36.8 Å². The molecule has 0 radical (unpaired) electrons. The fourth-order valence-electron chi connectivity index (χ4n) is 2.59. The Morgan fingerprint density at radius 2 is 1.81 bits per heavy atom. The lowest BCUT2D eigenvalue weighted by Crippen LogP contribution is -2.33. The SMILES string of the molecule is c1ccc(-c2cnc(NCCN3CCCCC3)nc2)nc1. The molecule has 2 aromatic rings. The van der Waals surface area contributed by atoms with Gasteiger partial charge in [0.1, 0.15) is 0 Å². The Hall–Kier alpha value is -2.01. The zero-order chi connectivity index (χ0) is 14.3. The van der Waals surface area contributed by atoms with E-state index in [0.29, 0.717) is 5.95 Å². The summed E-state index contributed by atoms with van der Waals surface area (Å²) in [6.07, 6.45) is 9.45. The molecule has 1 aliphatic rings. The van der Waals surface area contributed by atoms with Gasteiger partial charge in [-0.25, -0.2) is 9.97 Å². The van der Waals surface area contributed by atoms with Gasteiger partial charge >= 0.3 is 0 Å². The number of likely N-dealkylation sites (tertiary alicyclic amines) is 1. The molecule has 0 unspecified atom stereocenters. The maximum absolute atomic E-state index is 4.36. The van der Waals surface area contributed by atoms with Gasteiger partial charge in [-0.15, -0.1) is 0 Å². The Morgan fingerprint density at radius 1 is 1.00 bits per heavy atom. The number of anilines is 1. The van der Waals surface area contributed by atoms with Gasteiger partial charge in [0.05, 0.1) is 5.69 Å². The van der Waals surface area contributed by atoms with Crippen LogP contribution in [-0.2, 0) is 0 Å². The van der Waals surface area contributed by atoms with Gasteiger partial charge in [-0.05, 0) is 38.1 Å². The topological polar surface area (TPSA) is 53.9 Å². The molecule has 1 N–H and O–H groups in total. The molecule has 0 bridgehead atoms. The minimum Gasteiger partial charge on any atom is -0.353 e. The second-order valence-electron chi connectivity index (χ2n) is 5.34. The molecule has 0 spiro atoms. The molecule has 0 saturated carbocycles. The second-order valence-corrected chi connectivity index (χ2v) is 5.34. The summed E-state index contributed by atoms with van der Waals surface area (Å²) in [6, 6.07) is 5.83. The molecule has 21 heavy (non-hydrogen) atoms. The molecule has 5 heteroatoms. The van der Waals surface area contributed by atoms with E-state index in [4.69, 9.17) is 0 Å². The highest BCUT2D eigenvalue weighted by atomic mass is 15.2. The van der Waals surface area contributed by atoms with Gasteiger partial charge < -0.3 is 10.2 Å². The monoisotopic (exact) mass is 283 g/mol.